The molecule has 0 fully saturated rings. The number of benzene rings is 1. The average Bonchev–Trinajstić information content (AvgIpc) is 2.76. The number of nitrogens with zero attached hydrogens (tertiary/aromatic N) is 2. The van der Waals surface area contributed by atoms with Gasteiger partial charge in [-0.15, -0.1) is 0 Å². The Bertz CT molecular complexity index is 717. The zero-order chi connectivity index (χ0) is 13.2. The Morgan fingerprint density at radius 3 is 2.95 bits per heavy atom. The summed E-state index contributed by atoms with van der Waals surface area (Å²) < 4.78 is 0. The van der Waals surface area contributed by atoms with Gasteiger partial charge in [-0.1, -0.05) is 18.2 Å². The molecule has 19 heavy (non-hydrogen) atoms. The van der Waals surface area contributed by atoms with Gasteiger partial charge in [-0.2, -0.15) is 0 Å². The molecule has 3 rings (SSSR count). The molecule has 5 nitrogen and oxygen atoms in total. The van der Waals surface area contributed by atoms with Gasteiger partial charge in [0.25, 0.3) is 0 Å². The molecule has 4 N–H and O–H groups in total. The molecule has 0 bridgehead atoms. The molecular formula is C14H15N5. The van der Waals surface area contributed by atoms with Crippen molar-refractivity contribution in [1.82, 2.24) is 15.0 Å². The normalized spacial score (nSPS) is 10.8. The summed E-state index contributed by atoms with van der Waals surface area (Å²) in [5.41, 5.74) is 8.78. The van der Waals surface area contributed by atoms with Gasteiger partial charge in [-0.3, -0.25) is 0 Å². The summed E-state index contributed by atoms with van der Waals surface area (Å²) in [6.07, 6.45) is 1.71. The van der Waals surface area contributed by atoms with Crippen LogP contribution in [0.15, 0.2) is 36.5 Å². The van der Waals surface area contributed by atoms with Crippen LogP contribution in [0.2, 0.25) is 0 Å². The number of aromatic nitrogens is 3. The van der Waals surface area contributed by atoms with Gasteiger partial charge in [0.1, 0.15) is 11.6 Å². The molecule has 0 aliphatic carbocycles. The zero-order valence-corrected chi connectivity index (χ0v) is 10.6. The first-order valence-electron chi connectivity index (χ1n) is 6.14. The van der Waals surface area contributed by atoms with E-state index in [9.17, 15) is 0 Å². The van der Waals surface area contributed by atoms with Crippen molar-refractivity contribution < 1.29 is 0 Å². The van der Waals surface area contributed by atoms with Gasteiger partial charge in [0.05, 0.1) is 12.2 Å². The fourth-order valence-corrected chi connectivity index (χ4v) is 2.13. The Morgan fingerprint density at radius 2 is 2.11 bits per heavy atom. The minimum Gasteiger partial charge on any atom is -0.357 e. The van der Waals surface area contributed by atoms with Crippen molar-refractivity contribution in [3.8, 4) is 0 Å². The Hall–Kier alpha value is -2.40. The van der Waals surface area contributed by atoms with E-state index in [1.807, 2.05) is 25.1 Å². The second-order valence-corrected chi connectivity index (χ2v) is 4.36. The van der Waals surface area contributed by atoms with Gasteiger partial charge in [0.2, 0.25) is 0 Å². The van der Waals surface area contributed by atoms with Crippen LogP contribution in [0.25, 0.3) is 10.9 Å². The van der Waals surface area contributed by atoms with Crippen molar-refractivity contribution in [3.05, 3.63) is 48.0 Å². The molecule has 3 aromatic rings. The van der Waals surface area contributed by atoms with E-state index in [0.29, 0.717) is 12.4 Å². The third kappa shape index (κ3) is 2.15. The van der Waals surface area contributed by atoms with Crippen molar-refractivity contribution in [2.45, 2.75) is 13.5 Å². The van der Waals surface area contributed by atoms with Crippen LogP contribution < -0.4 is 11.1 Å². The highest BCUT2D eigenvalue weighted by molar-refractivity contribution is 5.95. The lowest BCUT2D eigenvalue weighted by Crippen LogP contribution is -2.04. The zero-order valence-electron chi connectivity index (χ0n) is 10.6. The molecule has 0 aliphatic heterocycles. The van der Waals surface area contributed by atoms with Crippen LogP contribution in [-0.4, -0.2) is 15.0 Å². The van der Waals surface area contributed by atoms with E-state index in [2.05, 4.69) is 32.4 Å². The molecule has 0 atom stereocenters. The maximum absolute atomic E-state index is 5.55. The minimum absolute atomic E-state index is 0.336. The quantitative estimate of drug-likeness (QED) is 0.670. The number of rotatable bonds is 3. The summed E-state index contributed by atoms with van der Waals surface area (Å²) in [7, 11) is 0. The van der Waals surface area contributed by atoms with Gasteiger partial charge in [0.15, 0.2) is 0 Å². The Morgan fingerprint density at radius 1 is 1.26 bits per heavy atom. The van der Waals surface area contributed by atoms with Crippen molar-refractivity contribution >= 4 is 22.4 Å². The highest BCUT2D eigenvalue weighted by atomic mass is 15.0. The molecule has 0 saturated heterocycles. The molecule has 96 valence electrons. The molecule has 0 radical (unpaired) electrons. The lowest BCUT2D eigenvalue weighted by atomic mass is 10.2. The number of aromatic amines is 1. The number of hydrogen-bond acceptors (Lipinski definition) is 4. The van der Waals surface area contributed by atoms with Crippen molar-refractivity contribution in [2.24, 2.45) is 5.73 Å². The number of nitrogens with two attached hydrogens (primary N) is 1. The molecule has 0 unspecified atom stereocenters. The smallest absolute Gasteiger partial charge is 0.144 e. The monoisotopic (exact) mass is 253 g/mol. The SMILES string of the molecule is Cc1[nH]c2ccccc2c1Nc1ccnc(CN)n1. The van der Waals surface area contributed by atoms with E-state index in [-0.39, 0.29) is 0 Å². The number of fused-ring (bicyclic) bond motifs is 1. The van der Waals surface area contributed by atoms with Crippen LogP contribution in [0.5, 0.6) is 0 Å². The molecule has 0 amide bonds. The number of hydrogen-bond donors (Lipinski definition) is 3. The van der Waals surface area contributed by atoms with Crippen molar-refractivity contribution in [2.75, 3.05) is 5.32 Å². The lowest BCUT2D eigenvalue weighted by Gasteiger charge is -2.06. The van der Waals surface area contributed by atoms with Gasteiger partial charge in [-0.05, 0) is 19.1 Å². The minimum atomic E-state index is 0.336. The summed E-state index contributed by atoms with van der Waals surface area (Å²) >= 11 is 0. The predicted octanol–water partition coefficient (Wildman–Crippen LogP) is 2.47. The maximum atomic E-state index is 5.55. The maximum Gasteiger partial charge on any atom is 0.144 e. The van der Waals surface area contributed by atoms with E-state index in [0.717, 1.165) is 28.1 Å². The molecule has 1 aromatic carbocycles. The summed E-state index contributed by atoms with van der Waals surface area (Å²) in [4.78, 5) is 11.8. The molecule has 5 heteroatoms. The number of anilines is 2. The summed E-state index contributed by atoms with van der Waals surface area (Å²) in [5, 5.41) is 4.48. The van der Waals surface area contributed by atoms with E-state index in [1.54, 1.807) is 6.20 Å². The van der Waals surface area contributed by atoms with Crippen LogP contribution in [0, 0.1) is 6.92 Å². The van der Waals surface area contributed by atoms with Crippen LogP contribution in [0.1, 0.15) is 11.5 Å². The molecular weight excluding hydrogens is 238 g/mol. The standard InChI is InChI=1S/C14H15N5/c1-9-14(10-4-2-3-5-11(10)17-9)19-12-6-7-16-13(8-15)18-12/h2-7,17H,8,15H2,1H3,(H,16,18,19). The van der Waals surface area contributed by atoms with Crippen LogP contribution >= 0.6 is 0 Å². The van der Waals surface area contributed by atoms with E-state index in [4.69, 9.17) is 5.73 Å². The molecule has 0 aliphatic rings. The summed E-state index contributed by atoms with van der Waals surface area (Å²) in [5.74, 6) is 1.38. The Balaban J connectivity index is 2.02. The highest BCUT2D eigenvalue weighted by Gasteiger charge is 2.08. The second kappa shape index (κ2) is 4.70. The second-order valence-electron chi connectivity index (χ2n) is 4.36. The van der Waals surface area contributed by atoms with Crippen molar-refractivity contribution in [3.63, 3.8) is 0 Å². The predicted molar refractivity (Wildman–Crippen MR) is 76.2 cm³/mol. The molecule has 0 spiro atoms. The van der Waals surface area contributed by atoms with Gasteiger partial charge in [0, 0.05) is 22.8 Å². The first-order valence-corrected chi connectivity index (χ1v) is 6.14. The first kappa shape index (κ1) is 11.7. The highest BCUT2D eigenvalue weighted by Crippen LogP contribution is 2.29. The van der Waals surface area contributed by atoms with Gasteiger partial charge in [-0.25, -0.2) is 9.97 Å². The van der Waals surface area contributed by atoms with Crippen molar-refractivity contribution in [1.29, 1.82) is 0 Å². The summed E-state index contributed by atoms with van der Waals surface area (Å²) in [6, 6.07) is 10.00. The number of H-pyrrole nitrogens is 1. The number of nitrogens with one attached hydrogen (secondary N) is 2. The number of para-hydroxylation sites is 1. The Kier molecular flexibility index (Phi) is 2.89. The first-order chi connectivity index (χ1) is 9.28. The van der Waals surface area contributed by atoms with E-state index < -0.39 is 0 Å². The fourth-order valence-electron chi connectivity index (χ4n) is 2.13. The topological polar surface area (TPSA) is 79.6 Å². The molecule has 0 saturated carbocycles. The lowest BCUT2D eigenvalue weighted by molar-refractivity contribution is 0.912. The Labute approximate surface area is 110 Å². The molecule has 2 heterocycles. The fraction of sp³-hybridized carbons (Fsp3) is 0.143. The molecule has 2 aromatic heterocycles. The van der Waals surface area contributed by atoms with Crippen LogP contribution in [0.3, 0.4) is 0 Å². The summed E-state index contributed by atoms with van der Waals surface area (Å²) in [6.45, 7) is 2.37. The largest absolute Gasteiger partial charge is 0.357 e. The van der Waals surface area contributed by atoms with Crippen LogP contribution in [-0.2, 0) is 6.54 Å². The number of aryl methyl sites for hydroxylation is 1. The average molecular weight is 253 g/mol. The third-order valence-electron chi connectivity index (χ3n) is 3.03. The third-order valence-corrected chi connectivity index (χ3v) is 3.03. The van der Waals surface area contributed by atoms with E-state index in [1.165, 1.54) is 0 Å². The van der Waals surface area contributed by atoms with Gasteiger partial charge < -0.3 is 16.0 Å². The van der Waals surface area contributed by atoms with Crippen LogP contribution in [0.4, 0.5) is 11.5 Å². The van der Waals surface area contributed by atoms with E-state index >= 15 is 0 Å². The van der Waals surface area contributed by atoms with Gasteiger partial charge >= 0.3 is 0 Å².